The lowest BCUT2D eigenvalue weighted by atomic mass is 10.2. The van der Waals surface area contributed by atoms with E-state index in [0.717, 1.165) is 0 Å². The van der Waals surface area contributed by atoms with Crippen molar-refractivity contribution in [3.63, 3.8) is 0 Å². The molecule has 1 aromatic rings. The fourth-order valence-electron chi connectivity index (χ4n) is 0.930. The number of rotatable bonds is 3. The zero-order valence-corrected chi connectivity index (χ0v) is 10.4. The molecule has 0 aliphatic rings. The van der Waals surface area contributed by atoms with E-state index in [2.05, 4.69) is 37.2 Å². The van der Waals surface area contributed by atoms with Gasteiger partial charge in [-0.1, -0.05) is 31.9 Å². The molecule has 0 spiro atoms. The number of alkyl halides is 1. The SMILES string of the molecule is O=C(NCCBr)c1ccc(Br)cc1F. The largest absolute Gasteiger partial charge is 0.351 e. The van der Waals surface area contributed by atoms with Gasteiger partial charge in [0.25, 0.3) is 5.91 Å². The molecule has 0 unspecified atom stereocenters. The highest BCUT2D eigenvalue weighted by atomic mass is 79.9. The van der Waals surface area contributed by atoms with Crippen LogP contribution in [0.15, 0.2) is 22.7 Å². The van der Waals surface area contributed by atoms with Gasteiger partial charge in [-0.05, 0) is 18.2 Å². The van der Waals surface area contributed by atoms with Crippen molar-refractivity contribution in [3.8, 4) is 0 Å². The fourth-order valence-corrected chi connectivity index (χ4v) is 1.46. The second kappa shape index (κ2) is 5.46. The second-order valence-corrected chi connectivity index (χ2v) is 4.28. The van der Waals surface area contributed by atoms with Crippen molar-refractivity contribution < 1.29 is 9.18 Å². The molecule has 1 rings (SSSR count). The lowest BCUT2D eigenvalue weighted by Crippen LogP contribution is -2.26. The lowest BCUT2D eigenvalue weighted by Gasteiger charge is -2.04. The first-order chi connectivity index (χ1) is 6.65. The van der Waals surface area contributed by atoms with Gasteiger partial charge in [-0.15, -0.1) is 0 Å². The molecule has 1 aromatic carbocycles. The third-order valence-electron chi connectivity index (χ3n) is 1.56. The summed E-state index contributed by atoms with van der Waals surface area (Å²) in [5, 5.41) is 3.22. The zero-order valence-electron chi connectivity index (χ0n) is 7.19. The fraction of sp³-hybridized carbons (Fsp3) is 0.222. The van der Waals surface area contributed by atoms with Gasteiger partial charge in [0.05, 0.1) is 5.56 Å². The molecular weight excluding hydrogens is 317 g/mol. The van der Waals surface area contributed by atoms with Crippen molar-refractivity contribution >= 4 is 37.8 Å². The Hall–Kier alpha value is -0.420. The first-order valence-electron chi connectivity index (χ1n) is 3.94. The van der Waals surface area contributed by atoms with E-state index in [1.165, 1.54) is 12.1 Å². The van der Waals surface area contributed by atoms with Crippen LogP contribution in [0.4, 0.5) is 4.39 Å². The summed E-state index contributed by atoms with van der Waals surface area (Å²) in [5.74, 6) is -0.916. The van der Waals surface area contributed by atoms with Crippen LogP contribution in [0.3, 0.4) is 0 Å². The Morgan fingerprint density at radius 1 is 1.50 bits per heavy atom. The van der Waals surface area contributed by atoms with Crippen molar-refractivity contribution in [2.24, 2.45) is 0 Å². The second-order valence-electron chi connectivity index (χ2n) is 2.57. The lowest BCUT2D eigenvalue weighted by molar-refractivity contribution is 0.0952. The summed E-state index contributed by atoms with van der Waals surface area (Å²) in [5.41, 5.74) is 0.0640. The molecule has 0 fully saturated rings. The minimum absolute atomic E-state index is 0.0640. The number of benzene rings is 1. The number of halogens is 3. The topological polar surface area (TPSA) is 29.1 Å². The van der Waals surface area contributed by atoms with E-state index in [9.17, 15) is 9.18 Å². The molecule has 1 amide bonds. The molecule has 2 nitrogen and oxygen atoms in total. The van der Waals surface area contributed by atoms with Crippen molar-refractivity contribution in [2.75, 3.05) is 11.9 Å². The molecule has 0 aliphatic carbocycles. The van der Waals surface area contributed by atoms with Gasteiger partial charge < -0.3 is 5.32 Å². The molecule has 0 saturated heterocycles. The maximum absolute atomic E-state index is 13.2. The minimum atomic E-state index is -0.522. The van der Waals surface area contributed by atoms with Gasteiger partial charge in [0, 0.05) is 16.3 Å². The Labute approximate surface area is 98.1 Å². The van der Waals surface area contributed by atoms with Gasteiger partial charge in [0.2, 0.25) is 0 Å². The smallest absolute Gasteiger partial charge is 0.254 e. The molecule has 0 bridgehead atoms. The normalized spacial score (nSPS) is 9.93. The van der Waals surface area contributed by atoms with Crippen LogP contribution in [0.2, 0.25) is 0 Å². The molecule has 1 N–H and O–H groups in total. The van der Waals surface area contributed by atoms with Crippen LogP contribution in [0.1, 0.15) is 10.4 Å². The molecule has 0 heterocycles. The minimum Gasteiger partial charge on any atom is -0.351 e. The van der Waals surface area contributed by atoms with Gasteiger partial charge in [-0.3, -0.25) is 4.79 Å². The van der Waals surface area contributed by atoms with Crippen molar-refractivity contribution in [3.05, 3.63) is 34.1 Å². The summed E-state index contributed by atoms with van der Waals surface area (Å²) in [6.45, 7) is 0.480. The average Bonchev–Trinajstić information content (AvgIpc) is 2.14. The molecule has 0 aromatic heterocycles. The number of nitrogens with one attached hydrogen (secondary N) is 1. The van der Waals surface area contributed by atoms with Gasteiger partial charge >= 0.3 is 0 Å². The molecular formula is C9H8Br2FNO. The maximum Gasteiger partial charge on any atom is 0.254 e. The number of carbonyl (C=O) groups excluding carboxylic acids is 1. The molecule has 0 radical (unpaired) electrons. The number of carbonyl (C=O) groups is 1. The van der Waals surface area contributed by atoms with E-state index in [4.69, 9.17) is 0 Å². The van der Waals surface area contributed by atoms with Crippen LogP contribution in [-0.4, -0.2) is 17.8 Å². The van der Waals surface area contributed by atoms with Crippen LogP contribution in [0.5, 0.6) is 0 Å². The van der Waals surface area contributed by atoms with Gasteiger partial charge in [0.15, 0.2) is 0 Å². The van der Waals surface area contributed by atoms with Crippen molar-refractivity contribution in [2.45, 2.75) is 0 Å². The number of amides is 1. The predicted molar refractivity (Wildman–Crippen MR) is 60.2 cm³/mol. The van der Waals surface area contributed by atoms with Crippen LogP contribution >= 0.6 is 31.9 Å². The molecule has 0 saturated carbocycles. The summed E-state index contributed by atoms with van der Waals surface area (Å²) in [6.07, 6.45) is 0. The Kier molecular flexibility index (Phi) is 4.54. The summed E-state index contributed by atoms with van der Waals surface area (Å²) in [4.78, 5) is 11.3. The standard InChI is InChI=1S/C9H8Br2FNO/c10-3-4-13-9(14)7-2-1-6(11)5-8(7)12/h1-2,5H,3-4H2,(H,13,14). The zero-order chi connectivity index (χ0) is 10.6. The summed E-state index contributed by atoms with van der Waals surface area (Å²) >= 11 is 6.28. The number of hydrogen-bond donors (Lipinski definition) is 1. The van der Waals surface area contributed by atoms with E-state index in [0.29, 0.717) is 16.3 Å². The number of hydrogen-bond acceptors (Lipinski definition) is 1. The Morgan fingerprint density at radius 2 is 2.21 bits per heavy atom. The highest BCUT2D eigenvalue weighted by Gasteiger charge is 2.10. The molecule has 76 valence electrons. The van der Waals surface area contributed by atoms with Crippen LogP contribution in [-0.2, 0) is 0 Å². The Morgan fingerprint density at radius 3 is 2.79 bits per heavy atom. The summed E-state index contributed by atoms with van der Waals surface area (Å²) in [7, 11) is 0. The van der Waals surface area contributed by atoms with Crippen LogP contribution < -0.4 is 5.32 Å². The molecule has 5 heteroatoms. The van der Waals surface area contributed by atoms with Crippen molar-refractivity contribution in [1.29, 1.82) is 0 Å². The Balaban J connectivity index is 2.80. The van der Waals surface area contributed by atoms with E-state index >= 15 is 0 Å². The van der Waals surface area contributed by atoms with Gasteiger partial charge in [-0.2, -0.15) is 0 Å². The monoisotopic (exact) mass is 323 g/mol. The van der Waals surface area contributed by atoms with E-state index in [-0.39, 0.29) is 5.56 Å². The molecule has 0 aliphatic heterocycles. The maximum atomic E-state index is 13.2. The third-order valence-corrected chi connectivity index (χ3v) is 2.45. The van der Waals surface area contributed by atoms with Crippen molar-refractivity contribution in [1.82, 2.24) is 5.32 Å². The predicted octanol–water partition coefficient (Wildman–Crippen LogP) is 2.71. The van der Waals surface area contributed by atoms with Crippen LogP contribution in [0, 0.1) is 5.82 Å². The summed E-state index contributed by atoms with van der Waals surface area (Å²) in [6, 6.07) is 4.35. The van der Waals surface area contributed by atoms with Gasteiger partial charge in [0.1, 0.15) is 5.82 Å². The highest BCUT2D eigenvalue weighted by molar-refractivity contribution is 9.10. The molecule has 0 atom stereocenters. The van der Waals surface area contributed by atoms with E-state index in [1.807, 2.05) is 0 Å². The van der Waals surface area contributed by atoms with Crippen LogP contribution in [0.25, 0.3) is 0 Å². The molecule has 14 heavy (non-hydrogen) atoms. The quantitative estimate of drug-likeness (QED) is 0.851. The highest BCUT2D eigenvalue weighted by Crippen LogP contribution is 2.14. The average molecular weight is 325 g/mol. The summed E-state index contributed by atoms with van der Waals surface area (Å²) < 4.78 is 13.8. The van der Waals surface area contributed by atoms with Gasteiger partial charge in [-0.25, -0.2) is 4.39 Å². The van der Waals surface area contributed by atoms with E-state index < -0.39 is 11.7 Å². The van der Waals surface area contributed by atoms with E-state index in [1.54, 1.807) is 6.07 Å². The third kappa shape index (κ3) is 3.06. The first kappa shape index (κ1) is 11.7. The first-order valence-corrected chi connectivity index (χ1v) is 5.86. The Bertz CT molecular complexity index is 344.